The molecule has 3 nitrogen and oxygen atoms in total. The molecule has 0 aromatic carbocycles. The predicted octanol–water partition coefficient (Wildman–Crippen LogP) is 5.15. The molecule has 0 aromatic rings. The molecule has 0 unspecified atom stereocenters. The van der Waals surface area contributed by atoms with Crippen LogP contribution in [0.2, 0.25) is 0 Å². The lowest BCUT2D eigenvalue weighted by atomic mass is 10.0. The minimum Gasteiger partial charge on any atom is -0.355 e. The molecular formula is C20H42N2O. The Kier molecular flexibility index (Phi) is 17.3. The van der Waals surface area contributed by atoms with E-state index in [1.165, 1.54) is 83.5 Å². The average molecular weight is 327 g/mol. The van der Waals surface area contributed by atoms with E-state index in [1.807, 2.05) is 19.0 Å². The Balaban J connectivity index is 3.06. The standard InChI is InChI=1S/C20H42N2O/c1-4-5-6-7-8-9-10-11-12-13-14-15-16-17-18-21-20(23)19-22(2)3/h4-19H2,1-3H3,(H,21,23). The van der Waals surface area contributed by atoms with Crippen LogP contribution in [0, 0.1) is 0 Å². The molecule has 23 heavy (non-hydrogen) atoms. The van der Waals surface area contributed by atoms with E-state index in [1.54, 1.807) is 0 Å². The number of likely N-dealkylation sites (N-methyl/N-ethyl adjacent to an activating group) is 1. The molecule has 0 aliphatic heterocycles. The molecule has 3 heteroatoms. The number of hydrogen-bond donors (Lipinski definition) is 1. The first-order chi connectivity index (χ1) is 11.2. The highest BCUT2D eigenvalue weighted by Crippen LogP contribution is 2.12. The second kappa shape index (κ2) is 17.8. The minimum absolute atomic E-state index is 0.143. The van der Waals surface area contributed by atoms with Crippen molar-refractivity contribution in [1.82, 2.24) is 10.2 Å². The largest absolute Gasteiger partial charge is 0.355 e. The van der Waals surface area contributed by atoms with Crippen LogP contribution in [-0.4, -0.2) is 38.0 Å². The van der Waals surface area contributed by atoms with E-state index < -0.39 is 0 Å². The monoisotopic (exact) mass is 326 g/mol. The van der Waals surface area contributed by atoms with Crippen LogP contribution in [0.3, 0.4) is 0 Å². The Hall–Kier alpha value is -0.570. The molecular weight excluding hydrogens is 284 g/mol. The van der Waals surface area contributed by atoms with Crippen LogP contribution in [0.1, 0.15) is 96.8 Å². The number of unbranched alkanes of at least 4 members (excludes halogenated alkanes) is 13. The predicted molar refractivity (Wildman–Crippen MR) is 102 cm³/mol. The highest BCUT2D eigenvalue weighted by molar-refractivity contribution is 5.77. The van der Waals surface area contributed by atoms with Gasteiger partial charge in [-0.2, -0.15) is 0 Å². The van der Waals surface area contributed by atoms with Gasteiger partial charge in [0.1, 0.15) is 0 Å². The highest BCUT2D eigenvalue weighted by Gasteiger charge is 2.01. The van der Waals surface area contributed by atoms with E-state index >= 15 is 0 Å². The Morgan fingerprint density at radius 2 is 1.09 bits per heavy atom. The van der Waals surface area contributed by atoms with E-state index in [4.69, 9.17) is 0 Å². The van der Waals surface area contributed by atoms with Gasteiger partial charge in [0.15, 0.2) is 0 Å². The summed E-state index contributed by atoms with van der Waals surface area (Å²) in [6.45, 7) is 3.62. The number of nitrogens with one attached hydrogen (secondary N) is 1. The summed E-state index contributed by atoms with van der Waals surface area (Å²) >= 11 is 0. The van der Waals surface area contributed by atoms with E-state index in [9.17, 15) is 4.79 Å². The maximum absolute atomic E-state index is 11.4. The number of carbonyl (C=O) groups is 1. The molecule has 0 atom stereocenters. The Morgan fingerprint density at radius 1 is 0.696 bits per heavy atom. The summed E-state index contributed by atoms with van der Waals surface area (Å²) in [4.78, 5) is 13.3. The fraction of sp³-hybridized carbons (Fsp3) is 0.950. The third-order valence-corrected chi connectivity index (χ3v) is 4.31. The average Bonchev–Trinajstić information content (AvgIpc) is 2.50. The molecule has 0 spiro atoms. The summed E-state index contributed by atoms with van der Waals surface area (Å²) in [5.41, 5.74) is 0. The van der Waals surface area contributed by atoms with Crippen molar-refractivity contribution in [3.05, 3.63) is 0 Å². The molecule has 138 valence electrons. The van der Waals surface area contributed by atoms with Crippen LogP contribution < -0.4 is 5.32 Å². The van der Waals surface area contributed by atoms with E-state index in [2.05, 4.69) is 12.2 Å². The van der Waals surface area contributed by atoms with E-state index in [-0.39, 0.29) is 5.91 Å². The van der Waals surface area contributed by atoms with Gasteiger partial charge in [-0.1, -0.05) is 90.4 Å². The molecule has 0 fully saturated rings. The van der Waals surface area contributed by atoms with Crippen molar-refractivity contribution in [2.24, 2.45) is 0 Å². The second-order valence-corrected chi connectivity index (χ2v) is 7.18. The van der Waals surface area contributed by atoms with Crippen molar-refractivity contribution in [3.8, 4) is 0 Å². The number of rotatable bonds is 17. The summed E-state index contributed by atoms with van der Waals surface area (Å²) < 4.78 is 0. The summed E-state index contributed by atoms with van der Waals surface area (Å²) in [6, 6.07) is 0. The van der Waals surface area contributed by atoms with Crippen molar-refractivity contribution in [2.75, 3.05) is 27.2 Å². The Morgan fingerprint density at radius 3 is 1.48 bits per heavy atom. The zero-order chi connectivity index (χ0) is 17.2. The van der Waals surface area contributed by atoms with E-state index in [0.717, 1.165) is 13.0 Å². The van der Waals surface area contributed by atoms with Gasteiger partial charge in [0.05, 0.1) is 6.54 Å². The first-order valence-electron chi connectivity index (χ1n) is 10.1. The molecule has 0 rings (SSSR count). The zero-order valence-corrected chi connectivity index (χ0v) is 16.2. The van der Waals surface area contributed by atoms with Crippen LogP contribution in [0.25, 0.3) is 0 Å². The summed E-state index contributed by atoms with van der Waals surface area (Å²) in [7, 11) is 3.85. The van der Waals surface area contributed by atoms with Crippen molar-refractivity contribution in [3.63, 3.8) is 0 Å². The van der Waals surface area contributed by atoms with Gasteiger partial charge in [-0.3, -0.25) is 4.79 Å². The van der Waals surface area contributed by atoms with E-state index in [0.29, 0.717) is 6.54 Å². The van der Waals surface area contributed by atoms with Crippen molar-refractivity contribution < 1.29 is 4.79 Å². The molecule has 0 bridgehead atoms. The first-order valence-corrected chi connectivity index (χ1v) is 10.1. The fourth-order valence-electron chi connectivity index (χ4n) is 2.89. The molecule has 1 N–H and O–H groups in total. The molecule has 0 aliphatic rings. The number of hydrogen-bond acceptors (Lipinski definition) is 2. The maximum Gasteiger partial charge on any atom is 0.234 e. The second-order valence-electron chi connectivity index (χ2n) is 7.18. The van der Waals surface area contributed by atoms with Crippen LogP contribution >= 0.6 is 0 Å². The number of amides is 1. The number of carbonyl (C=O) groups excluding carboxylic acids is 1. The van der Waals surface area contributed by atoms with Crippen LogP contribution in [0.15, 0.2) is 0 Å². The van der Waals surface area contributed by atoms with Gasteiger partial charge in [-0.05, 0) is 20.5 Å². The Labute approximate surface area is 145 Å². The summed E-state index contributed by atoms with van der Waals surface area (Å²) in [6.07, 6.45) is 19.2. The fourth-order valence-corrected chi connectivity index (χ4v) is 2.89. The lowest BCUT2D eigenvalue weighted by Gasteiger charge is -2.09. The highest BCUT2D eigenvalue weighted by atomic mass is 16.1. The summed E-state index contributed by atoms with van der Waals surface area (Å²) in [5.74, 6) is 0.143. The summed E-state index contributed by atoms with van der Waals surface area (Å²) in [5, 5.41) is 2.98. The van der Waals surface area contributed by atoms with Gasteiger partial charge in [-0.15, -0.1) is 0 Å². The van der Waals surface area contributed by atoms with Crippen molar-refractivity contribution in [1.29, 1.82) is 0 Å². The Bertz CT molecular complexity index is 254. The minimum atomic E-state index is 0.143. The van der Waals surface area contributed by atoms with Crippen molar-refractivity contribution >= 4 is 5.91 Å². The quantitative estimate of drug-likeness (QED) is 0.375. The van der Waals surface area contributed by atoms with Gasteiger partial charge < -0.3 is 10.2 Å². The SMILES string of the molecule is CCCCCCCCCCCCCCCCNC(=O)CN(C)C. The first kappa shape index (κ1) is 22.4. The van der Waals surface area contributed by atoms with Gasteiger partial charge in [0, 0.05) is 6.54 Å². The van der Waals surface area contributed by atoms with Crippen molar-refractivity contribution in [2.45, 2.75) is 96.8 Å². The molecule has 0 aromatic heterocycles. The van der Waals surface area contributed by atoms with Crippen LogP contribution in [0.4, 0.5) is 0 Å². The lowest BCUT2D eigenvalue weighted by Crippen LogP contribution is -2.33. The molecule has 0 saturated carbocycles. The molecule has 0 aliphatic carbocycles. The van der Waals surface area contributed by atoms with Gasteiger partial charge in [0.2, 0.25) is 5.91 Å². The van der Waals surface area contributed by atoms with Gasteiger partial charge >= 0.3 is 0 Å². The molecule has 1 amide bonds. The normalized spacial score (nSPS) is 11.1. The maximum atomic E-state index is 11.4. The van der Waals surface area contributed by atoms with Crippen LogP contribution in [-0.2, 0) is 4.79 Å². The zero-order valence-electron chi connectivity index (χ0n) is 16.2. The third kappa shape index (κ3) is 19.4. The number of nitrogens with zero attached hydrogens (tertiary/aromatic N) is 1. The molecule has 0 radical (unpaired) electrons. The van der Waals surface area contributed by atoms with Crippen LogP contribution in [0.5, 0.6) is 0 Å². The smallest absolute Gasteiger partial charge is 0.234 e. The molecule has 0 heterocycles. The third-order valence-electron chi connectivity index (χ3n) is 4.31. The molecule has 0 saturated heterocycles. The van der Waals surface area contributed by atoms with Gasteiger partial charge in [-0.25, -0.2) is 0 Å². The lowest BCUT2D eigenvalue weighted by molar-refractivity contribution is -0.121. The topological polar surface area (TPSA) is 32.3 Å². The van der Waals surface area contributed by atoms with Gasteiger partial charge in [0.25, 0.3) is 0 Å².